The van der Waals surface area contributed by atoms with Crippen molar-refractivity contribution >= 4 is 25.7 Å². The third kappa shape index (κ3) is 9.40. The average Bonchev–Trinajstić information content (AvgIpc) is 2.39. The van der Waals surface area contributed by atoms with Gasteiger partial charge in [0, 0.05) is 11.9 Å². The van der Waals surface area contributed by atoms with Crippen LogP contribution in [0.2, 0.25) is 0 Å². The molecule has 0 bridgehead atoms. The quantitative estimate of drug-likeness (QED) is 0.295. The van der Waals surface area contributed by atoms with Crippen LogP contribution in [-0.4, -0.2) is 43.6 Å². The van der Waals surface area contributed by atoms with Crippen LogP contribution < -0.4 is 11.1 Å². The molecule has 0 spiro atoms. The highest BCUT2D eigenvalue weighted by molar-refractivity contribution is 7.54. The van der Waals surface area contributed by atoms with Crippen LogP contribution in [0, 0.1) is 5.92 Å². The van der Waals surface area contributed by atoms with E-state index in [0.29, 0.717) is 25.3 Å². The van der Waals surface area contributed by atoms with E-state index >= 15 is 0 Å². The number of nitrogens with two attached hydrogens (primary N) is 1. The zero-order valence-electron chi connectivity index (χ0n) is 13.7. The van der Waals surface area contributed by atoms with Gasteiger partial charge in [-0.2, -0.15) is 0 Å². The molecule has 0 fully saturated rings. The molecule has 0 radical (unpaired) electrons. The molecular formula is C14H28N4O2P-. The van der Waals surface area contributed by atoms with Gasteiger partial charge in [0.05, 0.1) is 6.04 Å². The number of carbonyl (C=O) groups excluding carboxylic acids is 2. The summed E-state index contributed by atoms with van der Waals surface area (Å²) in [7, 11) is -0.429. The summed E-state index contributed by atoms with van der Waals surface area (Å²) in [6.45, 7) is 9.81. The molecule has 21 heavy (non-hydrogen) atoms. The maximum absolute atomic E-state index is 12.0. The normalized spacial score (nSPS) is 14.7. The van der Waals surface area contributed by atoms with Crippen LogP contribution in [0.3, 0.4) is 0 Å². The van der Waals surface area contributed by atoms with E-state index in [2.05, 4.69) is 15.4 Å². The molecule has 2 atom stereocenters. The Hall–Kier alpha value is -1.16. The van der Waals surface area contributed by atoms with Crippen molar-refractivity contribution in [2.75, 3.05) is 19.9 Å². The fraction of sp³-hybridized carbons (Fsp3) is 0.786. The second-order valence-electron chi connectivity index (χ2n) is 5.31. The summed E-state index contributed by atoms with van der Waals surface area (Å²) in [4.78, 5) is 23.3. The molecule has 3 N–H and O–H groups in total. The highest BCUT2D eigenvalue weighted by Crippen LogP contribution is 2.26. The second-order valence-corrected chi connectivity index (χ2v) is 7.20. The van der Waals surface area contributed by atoms with Crippen LogP contribution in [-0.2, 0) is 9.59 Å². The molecule has 0 saturated carbocycles. The lowest BCUT2D eigenvalue weighted by atomic mass is 10.0. The first-order valence-electron chi connectivity index (χ1n) is 7.27. The Morgan fingerprint density at radius 1 is 1.38 bits per heavy atom. The van der Waals surface area contributed by atoms with E-state index in [-0.39, 0.29) is 23.7 Å². The van der Waals surface area contributed by atoms with Gasteiger partial charge in [-0.05, 0) is 46.1 Å². The Kier molecular flexibility index (Phi) is 9.97. The van der Waals surface area contributed by atoms with Crippen molar-refractivity contribution in [3.8, 4) is 0 Å². The smallest absolute Gasteiger partial charge is 0.223 e. The van der Waals surface area contributed by atoms with Gasteiger partial charge < -0.3 is 21.1 Å². The van der Waals surface area contributed by atoms with Crippen LogP contribution in [0.5, 0.6) is 0 Å². The molecule has 0 rings (SSSR count). The number of hydrogen-bond acceptors (Lipinski definition) is 3. The van der Waals surface area contributed by atoms with Crippen LogP contribution in [0.25, 0.3) is 5.32 Å². The number of carbonyl (C=O) groups is 2. The lowest BCUT2D eigenvalue weighted by molar-refractivity contribution is -0.129. The predicted molar refractivity (Wildman–Crippen MR) is 89.9 cm³/mol. The summed E-state index contributed by atoms with van der Waals surface area (Å²) in [5.41, 5.74) is 5.65. The van der Waals surface area contributed by atoms with Crippen molar-refractivity contribution in [3.63, 3.8) is 0 Å². The summed E-state index contributed by atoms with van der Waals surface area (Å²) in [6.07, 6.45) is 2.10. The Labute approximate surface area is 129 Å². The van der Waals surface area contributed by atoms with Crippen molar-refractivity contribution < 1.29 is 9.59 Å². The highest BCUT2D eigenvalue weighted by atomic mass is 31.1. The van der Waals surface area contributed by atoms with E-state index in [1.165, 1.54) is 6.92 Å². The molecule has 2 unspecified atom stereocenters. The monoisotopic (exact) mass is 315 g/mol. The Morgan fingerprint density at radius 2 is 2.00 bits per heavy atom. The summed E-state index contributed by atoms with van der Waals surface area (Å²) in [5, 5.41) is 6.94. The highest BCUT2D eigenvalue weighted by Gasteiger charge is 2.18. The third-order valence-corrected chi connectivity index (χ3v) is 3.64. The zero-order chi connectivity index (χ0) is 16.4. The zero-order valence-corrected chi connectivity index (χ0v) is 14.6. The van der Waals surface area contributed by atoms with Gasteiger partial charge in [-0.25, -0.2) is 0 Å². The van der Waals surface area contributed by atoms with Gasteiger partial charge in [0.15, 0.2) is 5.78 Å². The minimum absolute atomic E-state index is 0.00679. The number of nitrogens with one attached hydrogen (secondary N) is 1. The van der Waals surface area contributed by atoms with Gasteiger partial charge in [0.1, 0.15) is 0 Å². The number of rotatable bonds is 9. The molecule has 122 valence electrons. The van der Waals surface area contributed by atoms with Crippen LogP contribution in [0.15, 0.2) is 4.76 Å². The number of amides is 1. The standard InChI is InChI=1S/C14H29N4O2P/c1-6-12(11(3)19)17-13(20)10(2)8-7-9-16-14(15)18-21(4)5/h10,12H,6-9H2,1-5H3,(H4,15,16,17,18,20)/p-1. The Balaban J connectivity index is 4.01. The number of Topliss-reactive ketones (excluding diaryl/α,β-unsaturated/α-hetero) is 1. The maximum Gasteiger partial charge on any atom is 0.223 e. The second kappa shape index (κ2) is 10.6. The summed E-state index contributed by atoms with van der Waals surface area (Å²) >= 11 is 0. The Bertz CT molecular complexity index is 372. The molecule has 0 saturated heterocycles. The molecule has 0 aromatic carbocycles. The number of ketones is 1. The van der Waals surface area contributed by atoms with Crippen molar-refractivity contribution in [1.29, 1.82) is 0 Å². The van der Waals surface area contributed by atoms with Crippen LogP contribution >= 0.6 is 8.07 Å². The summed E-state index contributed by atoms with van der Waals surface area (Å²) in [5.74, 6) is 0.115. The molecule has 6 nitrogen and oxygen atoms in total. The lowest BCUT2D eigenvalue weighted by Gasteiger charge is -2.18. The van der Waals surface area contributed by atoms with Crippen molar-refractivity contribution in [2.45, 2.75) is 46.1 Å². The topological polar surface area (TPSA) is 98.7 Å². The van der Waals surface area contributed by atoms with E-state index in [4.69, 9.17) is 5.73 Å². The first kappa shape index (κ1) is 19.8. The van der Waals surface area contributed by atoms with Gasteiger partial charge in [0.2, 0.25) is 5.91 Å². The van der Waals surface area contributed by atoms with Crippen LogP contribution in [0.1, 0.15) is 40.0 Å². The molecule has 0 aromatic heterocycles. The predicted octanol–water partition coefficient (Wildman–Crippen LogP) is 2.23. The molecule has 0 aliphatic heterocycles. The van der Waals surface area contributed by atoms with Gasteiger partial charge >= 0.3 is 0 Å². The molecule has 0 aliphatic rings. The summed E-state index contributed by atoms with van der Waals surface area (Å²) < 4.78 is 4.17. The molecule has 0 aliphatic carbocycles. The minimum Gasteiger partial charge on any atom is -0.454 e. The van der Waals surface area contributed by atoms with E-state index in [9.17, 15) is 9.59 Å². The molecule has 0 aromatic rings. The van der Waals surface area contributed by atoms with Crippen LogP contribution in [0.4, 0.5) is 0 Å². The third-order valence-electron chi connectivity index (χ3n) is 3.03. The molecule has 1 amide bonds. The lowest BCUT2D eigenvalue weighted by Crippen LogP contribution is -2.41. The van der Waals surface area contributed by atoms with E-state index in [1.54, 1.807) is 0 Å². The first-order chi connectivity index (χ1) is 9.77. The van der Waals surface area contributed by atoms with Crippen molar-refractivity contribution in [2.24, 2.45) is 16.4 Å². The van der Waals surface area contributed by atoms with E-state index < -0.39 is 8.07 Å². The van der Waals surface area contributed by atoms with E-state index in [0.717, 1.165) is 6.42 Å². The molecular weight excluding hydrogens is 287 g/mol. The number of hydrogen-bond donors (Lipinski definition) is 2. The number of guanidine groups is 1. The number of nitrogens with zero attached hydrogens (tertiary/aromatic N) is 2. The minimum atomic E-state index is -0.429. The largest absolute Gasteiger partial charge is 0.454 e. The average molecular weight is 315 g/mol. The molecule has 0 heterocycles. The van der Waals surface area contributed by atoms with E-state index in [1.807, 2.05) is 27.2 Å². The fourth-order valence-electron chi connectivity index (χ4n) is 1.76. The first-order valence-corrected chi connectivity index (χ1v) is 9.46. The van der Waals surface area contributed by atoms with Crippen molar-refractivity contribution in [1.82, 2.24) is 5.32 Å². The van der Waals surface area contributed by atoms with Gasteiger partial charge in [-0.3, -0.25) is 9.59 Å². The van der Waals surface area contributed by atoms with Gasteiger partial charge in [0.25, 0.3) is 0 Å². The maximum atomic E-state index is 12.0. The Morgan fingerprint density at radius 3 is 2.48 bits per heavy atom. The molecule has 7 heteroatoms. The fourth-order valence-corrected chi connectivity index (χ4v) is 2.24. The summed E-state index contributed by atoms with van der Waals surface area (Å²) in [6, 6.07) is -0.374. The SMILES string of the molecule is CCC(NC(=O)C(C)CCC[N-]/C(N)=N\P(C)C)C(C)=O. The van der Waals surface area contributed by atoms with Gasteiger partial charge in [-0.1, -0.05) is 21.9 Å². The van der Waals surface area contributed by atoms with Crippen molar-refractivity contribution in [3.05, 3.63) is 5.32 Å². The van der Waals surface area contributed by atoms with Gasteiger partial charge in [-0.15, -0.1) is 0 Å².